The van der Waals surface area contributed by atoms with E-state index in [-0.39, 0.29) is 5.91 Å². The zero-order valence-electron chi connectivity index (χ0n) is 11.6. The molecule has 0 fully saturated rings. The van der Waals surface area contributed by atoms with E-state index in [2.05, 4.69) is 12.2 Å². The molecule has 1 rings (SSSR count). The third-order valence-electron chi connectivity index (χ3n) is 2.62. The van der Waals surface area contributed by atoms with Gasteiger partial charge in [-0.1, -0.05) is 19.8 Å². The minimum absolute atomic E-state index is 0.0228. The Morgan fingerprint density at radius 3 is 2.89 bits per heavy atom. The molecule has 0 unspecified atom stereocenters. The first-order chi connectivity index (χ1) is 9.17. The lowest BCUT2D eigenvalue weighted by Gasteiger charge is -2.10. The first kappa shape index (κ1) is 15.7. The van der Waals surface area contributed by atoms with Crippen LogP contribution in [0.3, 0.4) is 0 Å². The summed E-state index contributed by atoms with van der Waals surface area (Å²) in [4.78, 5) is 11.8. The summed E-state index contributed by atoms with van der Waals surface area (Å²) in [5, 5.41) is 2.83. The molecule has 0 aromatic heterocycles. The summed E-state index contributed by atoms with van der Waals surface area (Å²) in [7, 11) is 1.57. The van der Waals surface area contributed by atoms with Crippen LogP contribution in [0.5, 0.6) is 5.75 Å². The van der Waals surface area contributed by atoms with E-state index in [9.17, 15) is 4.79 Å². The summed E-state index contributed by atoms with van der Waals surface area (Å²) in [5.41, 5.74) is 6.93. The number of ether oxygens (including phenoxy) is 1. The number of anilines is 2. The highest BCUT2D eigenvalue weighted by molar-refractivity contribution is 7.99. The van der Waals surface area contributed by atoms with E-state index >= 15 is 0 Å². The van der Waals surface area contributed by atoms with E-state index in [0.29, 0.717) is 22.9 Å². The summed E-state index contributed by atoms with van der Waals surface area (Å²) in [6.45, 7) is 2.17. The average molecular weight is 282 g/mol. The van der Waals surface area contributed by atoms with Gasteiger partial charge in [-0.05, 0) is 30.4 Å². The van der Waals surface area contributed by atoms with Gasteiger partial charge in [0.15, 0.2) is 0 Å². The van der Waals surface area contributed by atoms with Crippen LogP contribution in [0.1, 0.15) is 26.2 Å². The molecule has 1 aromatic rings. The molecule has 0 atom stereocenters. The van der Waals surface area contributed by atoms with E-state index in [1.165, 1.54) is 12.8 Å². The van der Waals surface area contributed by atoms with Gasteiger partial charge in [-0.2, -0.15) is 11.8 Å². The van der Waals surface area contributed by atoms with E-state index < -0.39 is 0 Å². The van der Waals surface area contributed by atoms with Crippen LogP contribution in [0, 0.1) is 0 Å². The largest absolute Gasteiger partial charge is 0.495 e. The van der Waals surface area contributed by atoms with Gasteiger partial charge in [-0.3, -0.25) is 4.79 Å². The number of hydrogen-bond acceptors (Lipinski definition) is 4. The normalized spacial score (nSPS) is 10.2. The molecule has 0 aliphatic carbocycles. The molecule has 1 amide bonds. The molecule has 0 bridgehead atoms. The minimum atomic E-state index is -0.0228. The lowest BCUT2D eigenvalue weighted by atomic mass is 10.2. The molecule has 0 aliphatic heterocycles. The molecule has 0 spiro atoms. The first-order valence-electron chi connectivity index (χ1n) is 6.48. The van der Waals surface area contributed by atoms with Gasteiger partial charge in [-0.15, -0.1) is 0 Å². The second-order valence-electron chi connectivity index (χ2n) is 4.27. The minimum Gasteiger partial charge on any atom is -0.495 e. The van der Waals surface area contributed by atoms with Crippen molar-refractivity contribution >= 4 is 29.0 Å². The van der Waals surface area contributed by atoms with Crippen molar-refractivity contribution in [2.24, 2.45) is 0 Å². The van der Waals surface area contributed by atoms with Crippen LogP contribution in [0.25, 0.3) is 0 Å². The van der Waals surface area contributed by atoms with Crippen LogP contribution in [0.2, 0.25) is 0 Å². The van der Waals surface area contributed by atoms with Gasteiger partial charge in [-0.25, -0.2) is 0 Å². The van der Waals surface area contributed by atoms with Gasteiger partial charge in [0.1, 0.15) is 5.75 Å². The third-order valence-corrected chi connectivity index (χ3v) is 3.67. The lowest BCUT2D eigenvalue weighted by Crippen LogP contribution is -2.15. The number of amides is 1. The second-order valence-corrected chi connectivity index (χ2v) is 5.37. The number of benzene rings is 1. The maximum atomic E-state index is 11.8. The van der Waals surface area contributed by atoms with Gasteiger partial charge in [0.05, 0.1) is 18.6 Å². The van der Waals surface area contributed by atoms with E-state index in [1.807, 2.05) is 0 Å². The van der Waals surface area contributed by atoms with Gasteiger partial charge < -0.3 is 15.8 Å². The summed E-state index contributed by atoms with van der Waals surface area (Å²) >= 11 is 1.65. The number of carbonyl (C=O) groups excluding carboxylic acids is 1. The second kappa shape index (κ2) is 8.69. The molecular formula is C14H22N2O2S. The smallest absolute Gasteiger partial charge is 0.234 e. The third kappa shape index (κ3) is 5.87. The van der Waals surface area contributed by atoms with Crippen molar-refractivity contribution in [3.8, 4) is 5.75 Å². The zero-order chi connectivity index (χ0) is 14.1. The molecule has 0 heterocycles. The van der Waals surface area contributed by atoms with Crippen molar-refractivity contribution in [3.05, 3.63) is 18.2 Å². The first-order valence-corrected chi connectivity index (χ1v) is 7.64. The summed E-state index contributed by atoms with van der Waals surface area (Å²) in [6.07, 6.45) is 3.58. The summed E-state index contributed by atoms with van der Waals surface area (Å²) in [6, 6.07) is 5.20. The number of rotatable bonds is 8. The van der Waals surface area contributed by atoms with Gasteiger partial charge >= 0.3 is 0 Å². The lowest BCUT2D eigenvalue weighted by molar-refractivity contribution is -0.113. The SMILES string of the molecule is CCCCCSCC(=O)Nc1cc(N)ccc1OC. The molecule has 1 aromatic carbocycles. The van der Waals surface area contributed by atoms with Crippen LogP contribution in [-0.4, -0.2) is 24.5 Å². The van der Waals surface area contributed by atoms with E-state index in [0.717, 1.165) is 12.2 Å². The maximum Gasteiger partial charge on any atom is 0.234 e. The zero-order valence-corrected chi connectivity index (χ0v) is 12.4. The highest BCUT2D eigenvalue weighted by Crippen LogP contribution is 2.26. The van der Waals surface area contributed by atoms with Crippen LogP contribution in [0.15, 0.2) is 18.2 Å². The van der Waals surface area contributed by atoms with Gasteiger partial charge in [0.25, 0.3) is 0 Å². The molecule has 0 saturated carbocycles. The fourth-order valence-electron chi connectivity index (χ4n) is 1.63. The molecule has 0 saturated heterocycles. The number of nitrogen functional groups attached to an aromatic ring is 1. The number of unbranched alkanes of at least 4 members (excludes halogenated alkanes) is 2. The molecule has 106 valence electrons. The number of nitrogens with two attached hydrogens (primary N) is 1. The highest BCUT2D eigenvalue weighted by Gasteiger charge is 2.07. The molecule has 19 heavy (non-hydrogen) atoms. The number of nitrogens with one attached hydrogen (secondary N) is 1. The average Bonchev–Trinajstić information content (AvgIpc) is 2.39. The predicted molar refractivity (Wildman–Crippen MR) is 82.9 cm³/mol. The van der Waals surface area contributed by atoms with E-state index in [1.54, 1.807) is 37.1 Å². The fraction of sp³-hybridized carbons (Fsp3) is 0.500. The van der Waals surface area contributed by atoms with Crippen molar-refractivity contribution in [2.45, 2.75) is 26.2 Å². The monoisotopic (exact) mass is 282 g/mol. The van der Waals surface area contributed by atoms with Crippen LogP contribution in [-0.2, 0) is 4.79 Å². The van der Waals surface area contributed by atoms with Crippen molar-refractivity contribution in [3.63, 3.8) is 0 Å². The van der Waals surface area contributed by atoms with Crippen molar-refractivity contribution in [1.29, 1.82) is 0 Å². The quantitative estimate of drug-likeness (QED) is 0.568. The molecule has 4 nitrogen and oxygen atoms in total. The summed E-state index contributed by atoms with van der Waals surface area (Å²) in [5.74, 6) is 2.08. The van der Waals surface area contributed by atoms with E-state index in [4.69, 9.17) is 10.5 Å². The molecular weight excluding hydrogens is 260 g/mol. The topological polar surface area (TPSA) is 64.4 Å². The van der Waals surface area contributed by atoms with Gasteiger partial charge in [0, 0.05) is 5.69 Å². The Bertz CT molecular complexity index is 410. The number of carbonyl (C=O) groups is 1. The van der Waals surface area contributed by atoms with Crippen molar-refractivity contribution in [2.75, 3.05) is 29.7 Å². The van der Waals surface area contributed by atoms with Gasteiger partial charge in [0.2, 0.25) is 5.91 Å². The van der Waals surface area contributed by atoms with Crippen molar-refractivity contribution in [1.82, 2.24) is 0 Å². The Kier molecular flexibility index (Phi) is 7.18. The van der Waals surface area contributed by atoms with Crippen LogP contribution in [0.4, 0.5) is 11.4 Å². The Morgan fingerprint density at radius 2 is 2.21 bits per heavy atom. The van der Waals surface area contributed by atoms with Crippen LogP contribution < -0.4 is 15.8 Å². The number of methoxy groups -OCH3 is 1. The number of thioether (sulfide) groups is 1. The fourth-order valence-corrected chi connectivity index (χ4v) is 2.44. The molecule has 0 aliphatic rings. The van der Waals surface area contributed by atoms with Crippen molar-refractivity contribution < 1.29 is 9.53 Å². The summed E-state index contributed by atoms with van der Waals surface area (Å²) < 4.78 is 5.18. The Morgan fingerprint density at radius 1 is 1.42 bits per heavy atom. The van der Waals surface area contributed by atoms with Crippen LogP contribution >= 0.6 is 11.8 Å². The Labute approximate surface area is 119 Å². The predicted octanol–water partition coefficient (Wildman–Crippen LogP) is 3.14. The highest BCUT2D eigenvalue weighted by atomic mass is 32.2. The standard InChI is InChI=1S/C14H22N2O2S/c1-3-4-5-8-19-10-14(17)16-12-9-11(15)6-7-13(12)18-2/h6-7,9H,3-5,8,10,15H2,1-2H3,(H,16,17). The molecule has 3 N–H and O–H groups in total. The number of hydrogen-bond donors (Lipinski definition) is 2. The molecule has 0 radical (unpaired) electrons. The molecule has 5 heteroatoms. The maximum absolute atomic E-state index is 11.8. The Balaban J connectivity index is 2.41. The Hall–Kier alpha value is -1.36.